The number of aromatic nitrogens is 1. The second-order valence-corrected chi connectivity index (χ2v) is 5.44. The summed E-state index contributed by atoms with van der Waals surface area (Å²) in [4.78, 5) is 3.52. The average Bonchev–Trinajstić information content (AvgIpc) is 2.35. The van der Waals surface area contributed by atoms with Crippen LogP contribution in [0, 0.1) is 5.82 Å². The second-order valence-electron chi connectivity index (χ2n) is 3.75. The highest BCUT2D eigenvalue weighted by Crippen LogP contribution is 2.25. The largest absolute Gasteiger partial charge is 0.396 e. The van der Waals surface area contributed by atoms with E-state index in [1.807, 2.05) is 0 Å². The first-order chi connectivity index (χ1) is 8.90. The summed E-state index contributed by atoms with van der Waals surface area (Å²) < 4.78 is 39.3. The number of hydrogen-bond donors (Lipinski definition) is 3. The summed E-state index contributed by atoms with van der Waals surface area (Å²) in [6, 6.07) is 4.61. The number of benzene rings is 1. The van der Waals surface area contributed by atoms with E-state index in [1.54, 1.807) is 0 Å². The number of anilines is 3. The van der Waals surface area contributed by atoms with Crippen LogP contribution in [-0.4, -0.2) is 13.4 Å². The molecule has 0 fully saturated rings. The summed E-state index contributed by atoms with van der Waals surface area (Å²) in [5.41, 5.74) is 11.4. The summed E-state index contributed by atoms with van der Waals surface area (Å²) in [6.07, 6.45) is 2.53. The molecule has 2 rings (SSSR count). The molecule has 100 valence electrons. The van der Waals surface area contributed by atoms with Crippen LogP contribution in [0.25, 0.3) is 0 Å². The lowest BCUT2D eigenvalue weighted by Gasteiger charge is -2.11. The predicted octanol–water partition coefficient (Wildman–Crippen LogP) is 1.19. The van der Waals surface area contributed by atoms with Gasteiger partial charge in [0.25, 0.3) is 10.0 Å². The molecule has 19 heavy (non-hydrogen) atoms. The predicted molar refractivity (Wildman–Crippen MR) is 70.3 cm³/mol. The Morgan fingerprint density at radius 2 is 1.95 bits per heavy atom. The molecule has 0 saturated carbocycles. The van der Waals surface area contributed by atoms with Gasteiger partial charge in [-0.05, 0) is 18.2 Å². The summed E-state index contributed by atoms with van der Waals surface area (Å²) in [5.74, 6) is -0.651. The van der Waals surface area contributed by atoms with Gasteiger partial charge in [-0.2, -0.15) is 0 Å². The molecule has 0 aliphatic rings. The Hall–Kier alpha value is -2.35. The normalized spacial score (nSPS) is 11.2. The molecule has 0 aliphatic carbocycles. The van der Waals surface area contributed by atoms with E-state index < -0.39 is 15.8 Å². The van der Waals surface area contributed by atoms with Crippen molar-refractivity contribution < 1.29 is 12.8 Å². The van der Waals surface area contributed by atoms with Gasteiger partial charge in [0.1, 0.15) is 5.82 Å². The van der Waals surface area contributed by atoms with Gasteiger partial charge in [0.05, 0.1) is 34.4 Å². The van der Waals surface area contributed by atoms with Crippen molar-refractivity contribution in [3.05, 3.63) is 42.5 Å². The van der Waals surface area contributed by atoms with Gasteiger partial charge >= 0.3 is 0 Å². The van der Waals surface area contributed by atoms with Gasteiger partial charge in [0.2, 0.25) is 0 Å². The van der Waals surface area contributed by atoms with Crippen LogP contribution >= 0.6 is 0 Å². The summed E-state index contributed by atoms with van der Waals surface area (Å²) in [6.45, 7) is 0. The standard InChI is InChI=1S/C11H11FN4O2S/c12-7-2-1-3-8(4-7)19(17,18)16-10-6-15-5-9(13)11(10)14/h1-6,16H,13H2,(H2,14,15). The maximum Gasteiger partial charge on any atom is 0.262 e. The number of nitrogen functional groups attached to an aromatic ring is 2. The van der Waals surface area contributed by atoms with Crippen LogP contribution in [0.1, 0.15) is 0 Å². The third kappa shape index (κ3) is 2.74. The van der Waals surface area contributed by atoms with Gasteiger partial charge in [-0.25, -0.2) is 12.8 Å². The van der Waals surface area contributed by atoms with Crippen molar-refractivity contribution in [1.29, 1.82) is 0 Å². The van der Waals surface area contributed by atoms with Crippen LogP contribution < -0.4 is 16.2 Å². The fraction of sp³-hybridized carbons (Fsp3) is 0. The number of halogens is 1. The van der Waals surface area contributed by atoms with E-state index in [9.17, 15) is 12.8 Å². The minimum Gasteiger partial charge on any atom is -0.396 e. The van der Waals surface area contributed by atoms with Crippen LogP contribution in [0.3, 0.4) is 0 Å². The number of rotatable bonds is 3. The molecular formula is C11H11FN4O2S. The Labute approximate surface area is 109 Å². The molecule has 0 aliphatic heterocycles. The van der Waals surface area contributed by atoms with Crippen molar-refractivity contribution in [2.75, 3.05) is 16.2 Å². The van der Waals surface area contributed by atoms with Crippen LogP contribution in [0.5, 0.6) is 0 Å². The Morgan fingerprint density at radius 1 is 1.21 bits per heavy atom. The molecule has 0 unspecified atom stereocenters. The van der Waals surface area contributed by atoms with Crippen LogP contribution in [0.2, 0.25) is 0 Å². The van der Waals surface area contributed by atoms with Gasteiger partial charge < -0.3 is 11.5 Å². The maximum absolute atomic E-state index is 13.0. The Bertz CT molecular complexity index is 718. The lowest BCUT2D eigenvalue weighted by molar-refractivity contribution is 0.595. The quantitative estimate of drug-likeness (QED) is 0.783. The van der Waals surface area contributed by atoms with Crippen LogP contribution in [0.4, 0.5) is 21.5 Å². The highest BCUT2D eigenvalue weighted by atomic mass is 32.2. The van der Waals surface area contributed by atoms with E-state index in [0.717, 1.165) is 12.1 Å². The molecule has 5 N–H and O–H groups in total. The molecule has 0 atom stereocenters. The van der Waals surface area contributed by atoms with Crippen molar-refractivity contribution in [2.24, 2.45) is 0 Å². The Balaban J connectivity index is 2.39. The minimum absolute atomic E-state index is 0.0456. The highest BCUT2D eigenvalue weighted by molar-refractivity contribution is 7.92. The molecule has 0 saturated heterocycles. The fourth-order valence-electron chi connectivity index (χ4n) is 1.41. The number of sulfonamides is 1. The van der Waals surface area contributed by atoms with Crippen molar-refractivity contribution >= 4 is 27.1 Å². The minimum atomic E-state index is -3.94. The van der Waals surface area contributed by atoms with E-state index in [-0.39, 0.29) is 22.0 Å². The lowest BCUT2D eigenvalue weighted by atomic mass is 10.3. The third-order valence-electron chi connectivity index (χ3n) is 2.37. The van der Waals surface area contributed by atoms with Crippen molar-refractivity contribution in [3.8, 4) is 0 Å². The monoisotopic (exact) mass is 282 g/mol. The van der Waals surface area contributed by atoms with Gasteiger partial charge in [0.15, 0.2) is 0 Å². The summed E-state index contributed by atoms with van der Waals surface area (Å²) >= 11 is 0. The summed E-state index contributed by atoms with van der Waals surface area (Å²) in [5, 5.41) is 0. The van der Waals surface area contributed by atoms with Gasteiger partial charge in [-0.3, -0.25) is 9.71 Å². The number of nitrogens with zero attached hydrogens (tertiary/aromatic N) is 1. The van der Waals surface area contributed by atoms with E-state index in [1.165, 1.54) is 24.5 Å². The molecule has 0 bridgehead atoms. The van der Waals surface area contributed by atoms with Gasteiger partial charge in [0, 0.05) is 0 Å². The molecule has 8 heteroatoms. The summed E-state index contributed by atoms with van der Waals surface area (Å²) in [7, 11) is -3.94. The fourth-order valence-corrected chi connectivity index (χ4v) is 2.50. The van der Waals surface area contributed by atoms with Crippen LogP contribution in [-0.2, 0) is 10.0 Å². The third-order valence-corrected chi connectivity index (χ3v) is 3.73. The Kier molecular flexibility index (Phi) is 3.26. The molecule has 0 radical (unpaired) electrons. The van der Waals surface area contributed by atoms with E-state index in [2.05, 4.69) is 9.71 Å². The number of hydrogen-bond acceptors (Lipinski definition) is 5. The number of pyridine rings is 1. The maximum atomic E-state index is 13.0. The molecule has 6 nitrogen and oxygen atoms in total. The lowest BCUT2D eigenvalue weighted by Crippen LogP contribution is -2.15. The molecule has 0 spiro atoms. The first-order valence-electron chi connectivity index (χ1n) is 5.17. The zero-order valence-corrected chi connectivity index (χ0v) is 10.5. The van der Waals surface area contributed by atoms with E-state index in [0.29, 0.717) is 0 Å². The van der Waals surface area contributed by atoms with Gasteiger partial charge in [-0.1, -0.05) is 6.07 Å². The average molecular weight is 282 g/mol. The van der Waals surface area contributed by atoms with Crippen molar-refractivity contribution in [1.82, 2.24) is 4.98 Å². The Morgan fingerprint density at radius 3 is 2.63 bits per heavy atom. The zero-order chi connectivity index (χ0) is 14.0. The number of nitrogens with two attached hydrogens (primary N) is 2. The molecule has 2 aromatic rings. The molecule has 0 amide bonds. The van der Waals surface area contributed by atoms with Gasteiger partial charge in [-0.15, -0.1) is 0 Å². The van der Waals surface area contributed by atoms with Crippen LogP contribution in [0.15, 0.2) is 41.6 Å². The van der Waals surface area contributed by atoms with E-state index >= 15 is 0 Å². The molecule has 1 aromatic carbocycles. The molecule has 1 heterocycles. The van der Waals surface area contributed by atoms with Crippen molar-refractivity contribution in [2.45, 2.75) is 4.90 Å². The highest BCUT2D eigenvalue weighted by Gasteiger charge is 2.16. The van der Waals surface area contributed by atoms with Crippen molar-refractivity contribution in [3.63, 3.8) is 0 Å². The SMILES string of the molecule is Nc1cncc(NS(=O)(=O)c2cccc(F)c2)c1N. The molecule has 1 aromatic heterocycles. The van der Waals surface area contributed by atoms with E-state index in [4.69, 9.17) is 11.5 Å². The molecular weight excluding hydrogens is 271 g/mol. The first-order valence-corrected chi connectivity index (χ1v) is 6.66. The smallest absolute Gasteiger partial charge is 0.262 e. The topological polar surface area (TPSA) is 111 Å². The second kappa shape index (κ2) is 4.73. The number of nitrogens with one attached hydrogen (secondary N) is 1. The first kappa shape index (κ1) is 13.1. The zero-order valence-electron chi connectivity index (χ0n) is 9.67.